The molecule has 1 aromatic rings. The first-order valence-electron chi connectivity index (χ1n) is 8.97. The van der Waals surface area contributed by atoms with Crippen LogP contribution in [0.3, 0.4) is 0 Å². The minimum absolute atomic E-state index is 0. The number of halogens is 1. The van der Waals surface area contributed by atoms with Crippen LogP contribution in [0.25, 0.3) is 0 Å². The van der Waals surface area contributed by atoms with Gasteiger partial charge in [-0.25, -0.2) is 0 Å². The van der Waals surface area contributed by atoms with E-state index in [1.807, 2.05) is 4.90 Å². The first-order chi connectivity index (χ1) is 11.2. The number of nitrogens with zero attached hydrogens (tertiary/aromatic N) is 2. The zero-order valence-corrected chi connectivity index (χ0v) is 15.5. The Hall–Kier alpha value is -1.10. The fraction of sp³-hybridized carbons (Fsp3) is 0.632. The molecule has 3 rings (SSSR count). The third kappa shape index (κ3) is 5.47. The minimum Gasteiger partial charge on any atom is -0.340 e. The average molecular weight is 352 g/mol. The highest BCUT2D eigenvalue weighted by atomic mass is 35.5. The molecular weight excluding hydrogens is 322 g/mol. The van der Waals surface area contributed by atoms with Gasteiger partial charge in [-0.3, -0.25) is 9.69 Å². The van der Waals surface area contributed by atoms with Gasteiger partial charge in [-0.1, -0.05) is 29.8 Å². The molecule has 0 bridgehead atoms. The second-order valence-electron chi connectivity index (χ2n) is 7.04. The monoisotopic (exact) mass is 351 g/mol. The number of aryl methyl sites for hydroxylation is 1. The summed E-state index contributed by atoms with van der Waals surface area (Å²) in [7, 11) is 0. The van der Waals surface area contributed by atoms with Gasteiger partial charge in [0.25, 0.3) is 0 Å². The number of piperazine rings is 1. The normalized spacial score (nSPS) is 19.8. The predicted octanol–water partition coefficient (Wildman–Crippen LogP) is 2.10. The minimum atomic E-state index is 0. The molecule has 5 heteroatoms. The maximum Gasteiger partial charge on any atom is 0.227 e. The number of piperidine rings is 1. The van der Waals surface area contributed by atoms with Crippen LogP contribution in [0.4, 0.5) is 0 Å². The molecule has 0 unspecified atom stereocenters. The Bertz CT molecular complexity index is 506. The van der Waals surface area contributed by atoms with Crippen LogP contribution in [0.2, 0.25) is 0 Å². The molecule has 2 heterocycles. The summed E-state index contributed by atoms with van der Waals surface area (Å²) in [5.74, 6) is 1.11. The van der Waals surface area contributed by atoms with Crippen LogP contribution in [-0.2, 0) is 11.2 Å². The van der Waals surface area contributed by atoms with Gasteiger partial charge in [-0.05, 0) is 44.3 Å². The summed E-state index contributed by atoms with van der Waals surface area (Å²) in [4.78, 5) is 17.0. The van der Waals surface area contributed by atoms with Gasteiger partial charge >= 0.3 is 0 Å². The number of rotatable bonds is 4. The van der Waals surface area contributed by atoms with Crippen molar-refractivity contribution in [2.75, 3.05) is 45.8 Å². The molecule has 2 saturated heterocycles. The Balaban J connectivity index is 0.00000208. The lowest BCUT2D eigenvalue weighted by atomic mass is 9.97. The topological polar surface area (TPSA) is 35.6 Å². The van der Waals surface area contributed by atoms with Crippen LogP contribution in [0, 0.1) is 12.8 Å². The molecule has 0 atom stereocenters. The molecule has 1 amide bonds. The van der Waals surface area contributed by atoms with Crippen molar-refractivity contribution in [3.63, 3.8) is 0 Å². The van der Waals surface area contributed by atoms with Crippen molar-refractivity contribution >= 4 is 18.3 Å². The number of nitrogens with one attached hydrogen (secondary N) is 1. The van der Waals surface area contributed by atoms with Crippen LogP contribution < -0.4 is 5.32 Å². The first-order valence-corrected chi connectivity index (χ1v) is 8.97. The molecule has 0 saturated carbocycles. The molecule has 0 radical (unpaired) electrons. The summed E-state index contributed by atoms with van der Waals surface area (Å²) in [5.41, 5.74) is 2.37. The summed E-state index contributed by atoms with van der Waals surface area (Å²) < 4.78 is 0. The van der Waals surface area contributed by atoms with Gasteiger partial charge in [0.1, 0.15) is 0 Å². The number of carbonyl (C=O) groups excluding carboxylic acids is 1. The fourth-order valence-electron chi connectivity index (χ4n) is 3.60. The number of hydrogen-bond acceptors (Lipinski definition) is 3. The number of benzene rings is 1. The second-order valence-corrected chi connectivity index (χ2v) is 7.04. The van der Waals surface area contributed by atoms with Gasteiger partial charge in [0, 0.05) is 32.7 Å². The van der Waals surface area contributed by atoms with E-state index in [4.69, 9.17) is 0 Å². The molecule has 1 aromatic carbocycles. The van der Waals surface area contributed by atoms with Gasteiger partial charge in [0.2, 0.25) is 5.91 Å². The van der Waals surface area contributed by atoms with E-state index in [0.717, 1.165) is 37.7 Å². The van der Waals surface area contributed by atoms with E-state index < -0.39 is 0 Å². The molecular formula is C19H30ClN3O. The van der Waals surface area contributed by atoms with Gasteiger partial charge < -0.3 is 10.2 Å². The van der Waals surface area contributed by atoms with Gasteiger partial charge in [-0.2, -0.15) is 0 Å². The first kappa shape index (κ1) is 19.2. The lowest BCUT2D eigenvalue weighted by Gasteiger charge is -2.37. The van der Waals surface area contributed by atoms with Gasteiger partial charge in [0.05, 0.1) is 6.42 Å². The van der Waals surface area contributed by atoms with Crippen LogP contribution in [-0.4, -0.2) is 61.5 Å². The summed E-state index contributed by atoms with van der Waals surface area (Å²) in [5, 5.41) is 3.43. The molecule has 134 valence electrons. The second kappa shape index (κ2) is 9.40. The highest BCUT2D eigenvalue weighted by molar-refractivity contribution is 5.85. The molecule has 0 aromatic heterocycles. The van der Waals surface area contributed by atoms with E-state index in [1.165, 1.54) is 38.0 Å². The van der Waals surface area contributed by atoms with Gasteiger partial charge in [-0.15, -0.1) is 12.4 Å². The summed E-state index contributed by atoms with van der Waals surface area (Å²) in [6.45, 7) is 9.45. The molecule has 1 N–H and O–H groups in total. The van der Waals surface area contributed by atoms with Crippen LogP contribution >= 0.6 is 12.4 Å². The SMILES string of the molecule is Cc1ccc(CC(=O)N2CCN(CC3CCNCC3)CC2)cc1.Cl. The van der Waals surface area contributed by atoms with E-state index in [0.29, 0.717) is 6.42 Å². The lowest BCUT2D eigenvalue weighted by molar-refractivity contribution is -0.132. The van der Waals surface area contributed by atoms with Crippen molar-refractivity contribution in [2.45, 2.75) is 26.2 Å². The highest BCUT2D eigenvalue weighted by Crippen LogP contribution is 2.15. The molecule has 24 heavy (non-hydrogen) atoms. The summed E-state index contributed by atoms with van der Waals surface area (Å²) in [6.07, 6.45) is 3.13. The van der Waals surface area contributed by atoms with Crippen molar-refractivity contribution in [3.8, 4) is 0 Å². The van der Waals surface area contributed by atoms with Crippen LogP contribution in [0.15, 0.2) is 24.3 Å². The van der Waals surface area contributed by atoms with Crippen molar-refractivity contribution < 1.29 is 4.79 Å². The Morgan fingerprint density at radius 1 is 1.08 bits per heavy atom. The Morgan fingerprint density at radius 2 is 1.71 bits per heavy atom. The van der Waals surface area contributed by atoms with Gasteiger partial charge in [0.15, 0.2) is 0 Å². The highest BCUT2D eigenvalue weighted by Gasteiger charge is 2.23. The number of amides is 1. The van der Waals surface area contributed by atoms with E-state index in [1.54, 1.807) is 0 Å². The van der Waals surface area contributed by atoms with Crippen LogP contribution in [0.5, 0.6) is 0 Å². The molecule has 0 spiro atoms. The largest absolute Gasteiger partial charge is 0.340 e. The number of hydrogen-bond donors (Lipinski definition) is 1. The predicted molar refractivity (Wildman–Crippen MR) is 101 cm³/mol. The van der Waals surface area contributed by atoms with Crippen molar-refractivity contribution in [1.82, 2.24) is 15.1 Å². The van der Waals surface area contributed by atoms with E-state index in [-0.39, 0.29) is 18.3 Å². The maximum absolute atomic E-state index is 12.4. The standard InChI is InChI=1S/C19H29N3O.ClH/c1-16-2-4-17(5-3-16)14-19(23)22-12-10-21(11-13-22)15-18-6-8-20-9-7-18;/h2-5,18,20H,6-15H2,1H3;1H. The maximum atomic E-state index is 12.4. The Labute approximate surface area is 152 Å². The van der Waals surface area contributed by atoms with Crippen molar-refractivity contribution in [2.24, 2.45) is 5.92 Å². The van der Waals surface area contributed by atoms with E-state index in [9.17, 15) is 4.79 Å². The van der Waals surface area contributed by atoms with E-state index in [2.05, 4.69) is 41.4 Å². The Kier molecular flexibility index (Phi) is 7.53. The number of carbonyl (C=O) groups is 1. The zero-order valence-electron chi connectivity index (χ0n) is 14.7. The Morgan fingerprint density at radius 3 is 2.33 bits per heavy atom. The quantitative estimate of drug-likeness (QED) is 0.902. The summed E-state index contributed by atoms with van der Waals surface area (Å²) >= 11 is 0. The summed E-state index contributed by atoms with van der Waals surface area (Å²) in [6, 6.07) is 8.31. The molecule has 2 aliphatic rings. The third-order valence-corrected chi connectivity index (χ3v) is 5.18. The molecule has 2 fully saturated rings. The molecule has 2 aliphatic heterocycles. The zero-order chi connectivity index (χ0) is 16.1. The van der Waals surface area contributed by atoms with Crippen LogP contribution in [0.1, 0.15) is 24.0 Å². The van der Waals surface area contributed by atoms with E-state index >= 15 is 0 Å². The smallest absolute Gasteiger partial charge is 0.227 e. The fourth-order valence-corrected chi connectivity index (χ4v) is 3.60. The average Bonchev–Trinajstić information content (AvgIpc) is 2.58. The van der Waals surface area contributed by atoms with Crippen molar-refractivity contribution in [3.05, 3.63) is 35.4 Å². The lowest BCUT2D eigenvalue weighted by Crippen LogP contribution is -2.50. The molecule has 4 nitrogen and oxygen atoms in total. The van der Waals surface area contributed by atoms with Crippen molar-refractivity contribution in [1.29, 1.82) is 0 Å². The third-order valence-electron chi connectivity index (χ3n) is 5.18. The molecule has 0 aliphatic carbocycles.